The third-order valence-electron chi connectivity index (χ3n) is 7.46. The summed E-state index contributed by atoms with van der Waals surface area (Å²) in [5.74, 6) is 0.574. The lowest BCUT2D eigenvalue weighted by atomic mass is 9.71. The van der Waals surface area contributed by atoms with Crippen LogP contribution in [0.25, 0.3) is 0 Å². The topological polar surface area (TPSA) is 103 Å². The summed E-state index contributed by atoms with van der Waals surface area (Å²) in [5, 5.41) is 13.6. The number of para-hydroxylation sites is 1. The van der Waals surface area contributed by atoms with E-state index in [0.29, 0.717) is 46.1 Å². The molecular formula is C33H33NO7. The summed E-state index contributed by atoms with van der Waals surface area (Å²) >= 11 is 0. The Bertz CT molecular complexity index is 1510. The van der Waals surface area contributed by atoms with Crippen LogP contribution >= 0.6 is 0 Å². The first-order chi connectivity index (χ1) is 19.9. The summed E-state index contributed by atoms with van der Waals surface area (Å²) in [6.07, 6.45) is 0.827. The number of aromatic hydroxyl groups is 1. The number of hydrogen-bond acceptors (Lipinski definition) is 8. The van der Waals surface area contributed by atoms with Crippen LogP contribution in [0.1, 0.15) is 42.7 Å². The second kappa shape index (κ2) is 12.2. The molecule has 2 N–H and O–H groups in total. The highest BCUT2D eigenvalue weighted by Crippen LogP contribution is 2.46. The van der Waals surface area contributed by atoms with Crippen molar-refractivity contribution >= 4 is 11.8 Å². The van der Waals surface area contributed by atoms with Gasteiger partial charge in [0.2, 0.25) is 0 Å². The number of phenols is 1. The molecule has 0 fully saturated rings. The fourth-order valence-corrected chi connectivity index (χ4v) is 5.58. The highest BCUT2D eigenvalue weighted by Gasteiger charge is 2.41. The Kier molecular flexibility index (Phi) is 8.29. The van der Waals surface area contributed by atoms with Gasteiger partial charge in [0.1, 0.15) is 24.7 Å². The average Bonchev–Trinajstić information content (AvgIpc) is 2.98. The number of ketones is 1. The summed E-state index contributed by atoms with van der Waals surface area (Å²) in [6.45, 7) is 2.03. The number of ether oxygens (including phenoxy) is 4. The predicted octanol–water partition coefficient (Wildman–Crippen LogP) is 5.39. The molecule has 0 aromatic heterocycles. The van der Waals surface area contributed by atoms with Crippen LogP contribution in [0.2, 0.25) is 0 Å². The van der Waals surface area contributed by atoms with Crippen LogP contribution in [-0.4, -0.2) is 44.3 Å². The van der Waals surface area contributed by atoms with Gasteiger partial charge in [0.15, 0.2) is 17.3 Å². The average molecular weight is 556 g/mol. The van der Waals surface area contributed by atoms with Crippen LogP contribution in [0.4, 0.5) is 0 Å². The van der Waals surface area contributed by atoms with Crippen molar-refractivity contribution in [1.82, 2.24) is 5.32 Å². The minimum atomic E-state index is -0.681. The number of benzene rings is 3. The zero-order chi connectivity index (χ0) is 28.9. The van der Waals surface area contributed by atoms with E-state index in [1.807, 2.05) is 54.6 Å². The highest BCUT2D eigenvalue weighted by atomic mass is 16.6. The molecule has 8 heteroatoms. The van der Waals surface area contributed by atoms with Crippen molar-refractivity contribution in [3.8, 4) is 23.0 Å². The first-order valence-electron chi connectivity index (χ1n) is 13.5. The van der Waals surface area contributed by atoms with Gasteiger partial charge in [0, 0.05) is 29.3 Å². The Balaban J connectivity index is 1.42. The van der Waals surface area contributed by atoms with E-state index in [2.05, 4.69) is 5.32 Å². The fourth-order valence-electron chi connectivity index (χ4n) is 5.58. The third-order valence-corrected chi connectivity index (χ3v) is 7.46. The number of phenolic OH excluding ortho intramolecular Hbond substituents is 1. The normalized spacial score (nSPS) is 18.4. The lowest BCUT2D eigenvalue weighted by Gasteiger charge is -2.36. The summed E-state index contributed by atoms with van der Waals surface area (Å²) in [5.41, 5.74) is 3.83. The molecule has 0 amide bonds. The molecule has 1 heterocycles. The molecule has 3 aromatic carbocycles. The quantitative estimate of drug-likeness (QED) is 0.268. The molecule has 0 saturated carbocycles. The van der Waals surface area contributed by atoms with Gasteiger partial charge in [-0.1, -0.05) is 36.4 Å². The molecular weight excluding hydrogens is 522 g/mol. The Morgan fingerprint density at radius 1 is 0.902 bits per heavy atom. The molecule has 0 unspecified atom stereocenters. The van der Waals surface area contributed by atoms with E-state index in [1.165, 1.54) is 0 Å². The van der Waals surface area contributed by atoms with Crippen molar-refractivity contribution in [2.45, 2.75) is 31.6 Å². The first kappa shape index (κ1) is 27.8. The molecule has 0 spiro atoms. The number of carbonyl (C=O) groups excluding carboxylic acids is 2. The minimum absolute atomic E-state index is 0.0402. The number of hydrogen-bond donors (Lipinski definition) is 2. The van der Waals surface area contributed by atoms with E-state index in [1.54, 1.807) is 39.3 Å². The number of methoxy groups -OCH3 is 2. The van der Waals surface area contributed by atoms with Gasteiger partial charge < -0.3 is 29.4 Å². The number of dihydropyridines is 1. The Morgan fingerprint density at radius 3 is 2.41 bits per heavy atom. The molecule has 0 saturated heterocycles. The molecule has 2 atom stereocenters. The van der Waals surface area contributed by atoms with E-state index in [0.717, 1.165) is 11.3 Å². The zero-order valence-corrected chi connectivity index (χ0v) is 23.3. The molecule has 0 radical (unpaired) electrons. The maximum Gasteiger partial charge on any atom is 0.336 e. The molecule has 212 valence electrons. The standard InChI is InChI=1S/C33H33NO7/c1-20-30(33(37)41-15-14-40-25-10-5-4-6-11-25)31(22-8-7-9-24(35)16-22)32-26(34-20)17-23(18-27(32)36)21-12-13-28(38-2)29(19-21)39-3/h4-13,16,19,23,31,34-35H,14-15,17-18H2,1-3H3/t23-,31-/m0/s1. The van der Waals surface area contributed by atoms with Gasteiger partial charge in [0.25, 0.3) is 0 Å². The SMILES string of the molecule is COc1ccc([C@@H]2CC(=O)C3=C(C2)NC(C)=C(C(=O)OCCOc2ccccc2)[C@@H]3c2cccc(O)c2)cc1OC. The fraction of sp³-hybridized carbons (Fsp3) is 0.273. The van der Waals surface area contributed by atoms with E-state index < -0.39 is 11.9 Å². The van der Waals surface area contributed by atoms with Gasteiger partial charge >= 0.3 is 5.97 Å². The Hall–Kier alpha value is -4.72. The predicted molar refractivity (Wildman–Crippen MR) is 153 cm³/mol. The number of rotatable bonds is 9. The van der Waals surface area contributed by atoms with Gasteiger partial charge in [-0.15, -0.1) is 0 Å². The van der Waals surface area contributed by atoms with Gasteiger partial charge in [0.05, 0.1) is 19.8 Å². The van der Waals surface area contributed by atoms with Crippen LogP contribution in [0.15, 0.2) is 95.3 Å². The number of nitrogens with one attached hydrogen (secondary N) is 1. The third kappa shape index (κ3) is 5.91. The van der Waals surface area contributed by atoms with Crippen LogP contribution in [0.5, 0.6) is 23.0 Å². The van der Waals surface area contributed by atoms with Gasteiger partial charge in [-0.25, -0.2) is 4.79 Å². The van der Waals surface area contributed by atoms with Crippen LogP contribution in [0.3, 0.4) is 0 Å². The van der Waals surface area contributed by atoms with E-state index >= 15 is 0 Å². The zero-order valence-electron chi connectivity index (χ0n) is 23.3. The van der Waals surface area contributed by atoms with Crippen molar-refractivity contribution in [2.75, 3.05) is 27.4 Å². The molecule has 8 nitrogen and oxygen atoms in total. The van der Waals surface area contributed by atoms with Gasteiger partial charge in [-0.05, 0) is 66.8 Å². The smallest absolute Gasteiger partial charge is 0.336 e. The van der Waals surface area contributed by atoms with Gasteiger partial charge in [-0.2, -0.15) is 0 Å². The number of carbonyl (C=O) groups is 2. The van der Waals surface area contributed by atoms with E-state index in [-0.39, 0.29) is 37.1 Å². The van der Waals surface area contributed by atoms with Crippen LogP contribution < -0.4 is 19.5 Å². The second-order valence-corrected chi connectivity index (χ2v) is 10.0. The monoisotopic (exact) mass is 555 g/mol. The number of esters is 1. The van der Waals surface area contributed by atoms with Crippen molar-refractivity contribution in [3.63, 3.8) is 0 Å². The Labute approximate surface area is 239 Å². The summed E-state index contributed by atoms with van der Waals surface area (Å²) in [6, 6.07) is 21.6. The minimum Gasteiger partial charge on any atom is -0.508 e. The molecule has 1 aliphatic carbocycles. The summed E-state index contributed by atoms with van der Waals surface area (Å²) in [4.78, 5) is 27.3. The van der Waals surface area contributed by atoms with Crippen LogP contribution in [0, 0.1) is 0 Å². The largest absolute Gasteiger partial charge is 0.508 e. The number of Topliss-reactive ketones (excluding diaryl/α,β-unsaturated/α-hetero) is 1. The van der Waals surface area contributed by atoms with Gasteiger partial charge in [-0.3, -0.25) is 4.79 Å². The molecule has 3 aromatic rings. The van der Waals surface area contributed by atoms with Crippen molar-refractivity contribution in [1.29, 1.82) is 0 Å². The Morgan fingerprint density at radius 2 is 1.68 bits per heavy atom. The maximum absolute atomic E-state index is 13.8. The highest BCUT2D eigenvalue weighted by molar-refractivity contribution is 6.04. The van der Waals surface area contributed by atoms with Crippen LogP contribution in [-0.2, 0) is 14.3 Å². The number of allylic oxidation sites excluding steroid dienone is 3. The summed E-state index contributed by atoms with van der Waals surface area (Å²) in [7, 11) is 3.17. The molecule has 1 aliphatic heterocycles. The first-order valence-corrected chi connectivity index (χ1v) is 13.5. The van der Waals surface area contributed by atoms with E-state index in [9.17, 15) is 14.7 Å². The lowest BCUT2D eigenvalue weighted by Crippen LogP contribution is -2.36. The molecule has 5 rings (SSSR count). The van der Waals surface area contributed by atoms with Crippen molar-refractivity contribution < 1.29 is 33.6 Å². The molecule has 0 bridgehead atoms. The molecule has 41 heavy (non-hydrogen) atoms. The maximum atomic E-state index is 13.8. The lowest BCUT2D eigenvalue weighted by molar-refractivity contribution is -0.140. The van der Waals surface area contributed by atoms with E-state index in [4.69, 9.17) is 18.9 Å². The second-order valence-electron chi connectivity index (χ2n) is 10.0. The van der Waals surface area contributed by atoms with Crippen molar-refractivity contribution in [3.05, 3.63) is 106 Å². The van der Waals surface area contributed by atoms with Crippen molar-refractivity contribution in [2.24, 2.45) is 0 Å². The summed E-state index contributed by atoms with van der Waals surface area (Å²) < 4.78 is 22.1. The molecule has 2 aliphatic rings.